The van der Waals surface area contributed by atoms with Crippen LogP contribution in [0.25, 0.3) is 0 Å². The molecule has 0 radical (unpaired) electrons. The highest BCUT2D eigenvalue weighted by molar-refractivity contribution is 5.90. The Bertz CT molecular complexity index is 513. The number of nitrogens with one attached hydrogen (secondary N) is 1. The van der Waals surface area contributed by atoms with Gasteiger partial charge in [-0.25, -0.2) is 0 Å². The highest BCUT2D eigenvalue weighted by Crippen LogP contribution is 2.16. The Balaban J connectivity index is 1.69. The second kappa shape index (κ2) is 7.80. The number of carbonyl (C=O) groups excluding carboxylic acids is 1. The molecule has 112 valence electrons. The highest BCUT2D eigenvalue weighted by Gasteiger charge is 2.15. The molecule has 0 bridgehead atoms. The van der Waals surface area contributed by atoms with Crippen LogP contribution in [0.3, 0.4) is 0 Å². The molecule has 0 atom stereocenters. The van der Waals surface area contributed by atoms with Crippen LogP contribution in [0.2, 0.25) is 0 Å². The topological polar surface area (TPSA) is 56.1 Å². The van der Waals surface area contributed by atoms with Crippen LogP contribution >= 0.6 is 0 Å². The minimum atomic E-state index is 0.0236. The SMILES string of the molecule is CC1CCN(CCCC(=O)Nc2cccc(C#N)c2)CC1. The summed E-state index contributed by atoms with van der Waals surface area (Å²) in [5, 5.41) is 11.7. The third-order valence-corrected chi connectivity index (χ3v) is 4.03. The van der Waals surface area contributed by atoms with Crippen molar-refractivity contribution in [2.75, 3.05) is 25.0 Å². The molecule has 1 N–H and O–H groups in total. The predicted octanol–water partition coefficient (Wildman–Crippen LogP) is 3.01. The molecule has 1 aliphatic rings. The van der Waals surface area contributed by atoms with Crippen LogP contribution in [0, 0.1) is 17.2 Å². The Morgan fingerprint density at radius 3 is 2.90 bits per heavy atom. The number of anilines is 1. The van der Waals surface area contributed by atoms with Gasteiger partial charge in [0, 0.05) is 12.1 Å². The number of hydrogen-bond donors (Lipinski definition) is 1. The van der Waals surface area contributed by atoms with Gasteiger partial charge in [0.05, 0.1) is 11.6 Å². The van der Waals surface area contributed by atoms with Gasteiger partial charge in [-0.3, -0.25) is 4.79 Å². The van der Waals surface area contributed by atoms with E-state index in [-0.39, 0.29) is 5.91 Å². The van der Waals surface area contributed by atoms with Crippen molar-refractivity contribution in [3.8, 4) is 6.07 Å². The fraction of sp³-hybridized carbons (Fsp3) is 0.529. The molecule has 1 saturated heterocycles. The van der Waals surface area contributed by atoms with Gasteiger partial charge in [-0.15, -0.1) is 0 Å². The van der Waals surface area contributed by atoms with Gasteiger partial charge in [0.15, 0.2) is 0 Å². The van der Waals surface area contributed by atoms with E-state index < -0.39 is 0 Å². The molecule has 0 saturated carbocycles. The number of amides is 1. The van der Waals surface area contributed by atoms with Crippen molar-refractivity contribution in [2.45, 2.75) is 32.6 Å². The van der Waals surface area contributed by atoms with Crippen LogP contribution in [-0.2, 0) is 4.79 Å². The summed E-state index contributed by atoms with van der Waals surface area (Å²) in [4.78, 5) is 14.3. The van der Waals surface area contributed by atoms with E-state index in [9.17, 15) is 4.79 Å². The second-order valence-corrected chi connectivity index (χ2v) is 5.87. The van der Waals surface area contributed by atoms with Crippen LogP contribution in [0.4, 0.5) is 5.69 Å². The lowest BCUT2D eigenvalue weighted by molar-refractivity contribution is -0.116. The maximum atomic E-state index is 11.9. The molecular formula is C17H23N3O. The van der Waals surface area contributed by atoms with E-state index in [2.05, 4.69) is 23.2 Å². The molecule has 1 aliphatic heterocycles. The number of hydrogen-bond acceptors (Lipinski definition) is 3. The molecule has 1 aromatic carbocycles. The van der Waals surface area contributed by atoms with E-state index in [0.29, 0.717) is 17.7 Å². The lowest BCUT2D eigenvalue weighted by atomic mass is 9.99. The van der Waals surface area contributed by atoms with E-state index >= 15 is 0 Å². The third kappa shape index (κ3) is 5.20. The molecule has 2 rings (SSSR count). The van der Waals surface area contributed by atoms with Crippen molar-refractivity contribution in [1.29, 1.82) is 5.26 Å². The first-order valence-electron chi connectivity index (χ1n) is 7.70. The van der Waals surface area contributed by atoms with Gasteiger partial charge >= 0.3 is 0 Å². The van der Waals surface area contributed by atoms with Gasteiger partial charge in [0.1, 0.15) is 0 Å². The molecule has 4 heteroatoms. The van der Waals surface area contributed by atoms with Crippen LogP contribution in [-0.4, -0.2) is 30.4 Å². The van der Waals surface area contributed by atoms with Crippen molar-refractivity contribution in [3.05, 3.63) is 29.8 Å². The minimum Gasteiger partial charge on any atom is -0.326 e. The lowest BCUT2D eigenvalue weighted by Crippen LogP contribution is -2.33. The van der Waals surface area contributed by atoms with Crippen molar-refractivity contribution < 1.29 is 4.79 Å². The molecule has 0 unspecified atom stereocenters. The van der Waals surface area contributed by atoms with Crippen molar-refractivity contribution in [1.82, 2.24) is 4.90 Å². The van der Waals surface area contributed by atoms with Crippen LogP contribution in [0.1, 0.15) is 38.2 Å². The first kappa shape index (κ1) is 15.5. The van der Waals surface area contributed by atoms with Gasteiger partial charge in [0.25, 0.3) is 0 Å². The number of benzene rings is 1. The van der Waals surface area contributed by atoms with Crippen molar-refractivity contribution >= 4 is 11.6 Å². The van der Waals surface area contributed by atoms with Gasteiger partial charge in [-0.2, -0.15) is 5.26 Å². The largest absolute Gasteiger partial charge is 0.326 e. The summed E-state index contributed by atoms with van der Waals surface area (Å²) >= 11 is 0. The number of carbonyl (C=O) groups is 1. The molecule has 0 spiro atoms. The summed E-state index contributed by atoms with van der Waals surface area (Å²) in [5.74, 6) is 0.868. The molecule has 0 aliphatic carbocycles. The van der Waals surface area contributed by atoms with Gasteiger partial charge in [-0.1, -0.05) is 13.0 Å². The maximum absolute atomic E-state index is 11.9. The Hall–Kier alpha value is -1.86. The second-order valence-electron chi connectivity index (χ2n) is 5.87. The predicted molar refractivity (Wildman–Crippen MR) is 83.9 cm³/mol. The number of piperidine rings is 1. The maximum Gasteiger partial charge on any atom is 0.224 e. The monoisotopic (exact) mass is 285 g/mol. The zero-order chi connectivity index (χ0) is 15.1. The average molecular weight is 285 g/mol. The first-order chi connectivity index (χ1) is 10.2. The number of nitriles is 1. The average Bonchev–Trinajstić information content (AvgIpc) is 2.49. The fourth-order valence-corrected chi connectivity index (χ4v) is 2.64. The molecule has 1 fully saturated rings. The van der Waals surface area contributed by atoms with Crippen LogP contribution in [0.5, 0.6) is 0 Å². The Morgan fingerprint density at radius 1 is 1.43 bits per heavy atom. The summed E-state index contributed by atoms with van der Waals surface area (Å²) in [6.07, 6.45) is 3.96. The summed E-state index contributed by atoms with van der Waals surface area (Å²) in [6, 6.07) is 9.09. The Kier molecular flexibility index (Phi) is 5.77. The number of rotatable bonds is 5. The zero-order valence-corrected chi connectivity index (χ0v) is 12.6. The molecule has 0 aromatic heterocycles. The summed E-state index contributed by atoms with van der Waals surface area (Å²) < 4.78 is 0. The Morgan fingerprint density at radius 2 is 2.19 bits per heavy atom. The van der Waals surface area contributed by atoms with E-state index in [1.165, 1.54) is 12.8 Å². The van der Waals surface area contributed by atoms with E-state index in [1.807, 2.05) is 6.07 Å². The van der Waals surface area contributed by atoms with Gasteiger partial charge < -0.3 is 10.2 Å². The molecule has 4 nitrogen and oxygen atoms in total. The van der Waals surface area contributed by atoms with E-state index in [0.717, 1.165) is 32.0 Å². The normalized spacial score (nSPS) is 16.4. The quantitative estimate of drug-likeness (QED) is 0.904. The van der Waals surface area contributed by atoms with Crippen molar-refractivity contribution in [2.24, 2.45) is 5.92 Å². The number of nitrogens with zero attached hydrogens (tertiary/aromatic N) is 2. The van der Waals surface area contributed by atoms with Crippen LogP contribution in [0.15, 0.2) is 24.3 Å². The third-order valence-electron chi connectivity index (χ3n) is 4.03. The van der Waals surface area contributed by atoms with E-state index in [1.54, 1.807) is 18.2 Å². The lowest BCUT2D eigenvalue weighted by Gasteiger charge is -2.29. The van der Waals surface area contributed by atoms with Crippen molar-refractivity contribution in [3.63, 3.8) is 0 Å². The Labute approximate surface area is 126 Å². The smallest absolute Gasteiger partial charge is 0.224 e. The molecule has 21 heavy (non-hydrogen) atoms. The fourth-order valence-electron chi connectivity index (χ4n) is 2.64. The van der Waals surface area contributed by atoms with Gasteiger partial charge in [0.2, 0.25) is 5.91 Å². The molecule has 1 aromatic rings. The number of likely N-dealkylation sites (tertiary alicyclic amines) is 1. The first-order valence-corrected chi connectivity index (χ1v) is 7.70. The van der Waals surface area contributed by atoms with E-state index in [4.69, 9.17) is 5.26 Å². The molecular weight excluding hydrogens is 262 g/mol. The van der Waals surface area contributed by atoms with Crippen LogP contribution < -0.4 is 5.32 Å². The summed E-state index contributed by atoms with van der Waals surface area (Å²) in [6.45, 7) is 5.62. The minimum absolute atomic E-state index is 0.0236. The summed E-state index contributed by atoms with van der Waals surface area (Å²) in [5.41, 5.74) is 1.26. The zero-order valence-electron chi connectivity index (χ0n) is 12.6. The standard InChI is InChI=1S/C17H23N3O/c1-14-7-10-20(11-8-14)9-3-6-17(21)19-16-5-2-4-15(12-16)13-18/h2,4-5,12,14H,3,6-11H2,1H3,(H,19,21). The highest BCUT2D eigenvalue weighted by atomic mass is 16.1. The van der Waals surface area contributed by atoms with Gasteiger partial charge in [-0.05, 0) is 63.0 Å². The molecule has 1 heterocycles. The summed E-state index contributed by atoms with van der Waals surface area (Å²) in [7, 11) is 0. The molecule has 1 amide bonds.